The Balaban J connectivity index is 1.60. The minimum atomic E-state index is -1.53. The van der Waals surface area contributed by atoms with Gasteiger partial charge in [0.05, 0.1) is 23.6 Å². The minimum Gasteiger partial charge on any atom is -0.493 e. The molecule has 4 rings (SSSR count). The van der Waals surface area contributed by atoms with Crippen LogP contribution in [0.3, 0.4) is 0 Å². The Morgan fingerprint density at radius 2 is 1.79 bits per heavy atom. The Kier molecular flexibility index (Phi) is 11.7. The molecule has 1 saturated heterocycles. The molecule has 47 heavy (non-hydrogen) atoms. The van der Waals surface area contributed by atoms with Gasteiger partial charge in [0.25, 0.3) is 5.91 Å². The largest absolute Gasteiger partial charge is 0.493 e. The molecule has 4 unspecified atom stereocenters. The van der Waals surface area contributed by atoms with Crippen LogP contribution in [0.5, 0.6) is 11.5 Å². The first-order valence-electron chi connectivity index (χ1n) is 14.4. The summed E-state index contributed by atoms with van der Waals surface area (Å²) >= 11 is 11.8. The van der Waals surface area contributed by atoms with E-state index in [0.717, 1.165) is 11.8 Å². The quantitative estimate of drug-likeness (QED) is 0.195. The zero-order valence-electron chi connectivity index (χ0n) is 25.7. The molecule has 0 saturated carbocycles. The maximum absolute atomic E-state index is 13.5. The van der Waals surface area contributed by atoms with Gasteiger partial charge in [-0.15, -0.1) is 0 Å². The zero-order valence-corrected chi connectivity index (χ0v) is 27.2. The Bertz CT molecular complexity index is 1650. The van der Waals surface area contributed by atoms with Crippen LogP contribution < -0.4 is 14.8 Å². The number of nitrogens with zero attached hydrogens (tertiary/aromatic N) is 2. The summed E-state index contributed by atoms with van der Waals surface area (Å²) in [6.07, 6.45) is 0.148. The molecule has 1 N–H and O–H groups in total. The van der Waals surface area contributed by atoms with Gasteiger partial charge in [0, 0.05) is 18.5 Å². The summed E-state index contributed by atoms with van der Waals surface area (Å²) in [5, 5.41) is 2.38. The number of cyclic esters (lactones) is 2. The zero-order chi connectivity index (χ0) is 34.2. The van der Waals surface area contributed by atoms with Gasteiger partial charge in [-0.3, -0.25) is 14.4 Å². The molecular weight excluding hydrogens is 657 g/mol. The van der Waals surface area contributed by atoms with Gasteiger partial charge in [0.15, 0.2) is 23.6 Å². The van der Waals surface area contributed by atoms with Crippen molar-refractivity contribution in [3.8, 4) is 11.5 Å². The van der Waals surface area contributed by atoms with Crippen LogP contribution in [0.25, 0.3) is 0 Å². The molecule has 0 aliphatic carbocycles. The average molecular weight is 689 g/mol. The van der Waals surface area contributed by atoms with Crippen LogP contribution in [0, 0.1) is 11.8 Å². The number of ether oxygens (including phenoxy) is 5. The Morgan fingerprint density at radius 1 is 1.06 bits per heavy atom. The van der Waals surface area contributed by atoms with Gasteiger partial charge in [0.2, 0.25) is 5.75 Å². The number of benzene rings is 1. The highest BCUT2D eigenvalue weighted by atomic mass is 35.5. The topological polar surface area (TPSA) is 169 Å². The summed E-state index contributed by atoms with van der Waals surface area (Å²) in [7, 11) is 1.28. The molecule has 15 heteroatoms. The Labute approximate surface area is 279 Å². The predicted molar refractivity (Wildman–Crippen MR) is 166 cm³/mol. The first-order valence-corrected chi connectivity index (χ1v) is 15.1. The number of hydrogen-bond donors (Lipinski definition) is 1. The lowest BCUT2D eigenvalue weighted by Crippen LogP contribution is -2.47. The van der Waals surface area contributed by atoms with E-state index in [1.54, 1.807) is 38.1 Å². The first-order chi connectivity index (χ1) is 22.4. The molecule has 1 aromatic carbocycles. The number of nitrogens with one attached hydrogen (secondary N) is 1. The van der Waals surface area contributed by atoms with Crippen molar-refractivity contribution in [2.45, 2.75) is 45.4 Å². The number of halogens is 2. The molecule has 1 aliphatic rings. The van der Waals surface area contributed by atoms with Crippen molar-refractivity contribution in [3.05, 3.63) is 81.9 Å². The van der Waals surface area contributed by atoms with E-state index in [-0.39, 0.29) is 33.7 Å². The summed E-state index contributed by atoms with van der Waals surface area (Å²) in [4.78, 5) is 73.7. The Morgan fingerprint density at radius 3 is 2.45 bits per heavy atom. The number of aromatic nitrogens is 2. The number of rotatable bonds is 9. The predicted octanol–water partition coefficient (Wildman–Crippen LogP) is 4.02. The molecule has 1 fully saturated rings. The second-order valence-corrected chi connectivity index (χ2v) is 11.5. The van der Waals surface area contributed by atoms with Crippen LogP contribution in [0.1, 0.15) is 47.2 Å². The number of pyridine rings is 2. The third-order valence-electron chi connectivity index (χ3n) is 7.00. The van der Waals surface area contributed by atoms with Crippen LogP contribution >= 0.6 is 23.2 Å². The van der Waals surface area contributed by atoms with E-state index in [2.05, 4.69) is 15.3 Å². The van der Waals surface area contributed by atoms with E-state index in [9.17, 15) is 24.0 Å². The fraction of sp³-hybridized carbons (Fsp3) is 0.344. The van der Waals surface area contributed by atoms with E-state index >= 15 is 0 Å². The third-order valence-corrected chi connectivity index (χ3v) is 7.68. The number of methoxy groups -OCH3 is 1. The summed E-state index contributed by atoms with van der Waals surface area (Å²) in [5.41, 5.74) is 0.226. The molecule has 3 heterocycles. The lowest BCUT2D eigenvalue weighted by Gasteiger charge is -2.29. The van der Waals surface area contributed by atoms with Crippen molar-refractivity contribution >= 4 is 53.0 Å². The Hall–Kier alpha value is -4.75. The van der Waals surface area contributed by atoms with Crippen LogP contribution in [-0.2, 0) is 35.0 Å². The van der Waals surface area contributed by atoms with Crippen molar-refractivity contribution in [1.29, 1.82) is 0 Å². The standard InChI is InChI=1S/C32H31Cl2N3O10/c1-16(2)29(39)46-25-17(3)45-32(42)22(15-44-31(41)20(25)12-18-8-6-5-7-9-18)37-28(38)24-26(23(43-4)10-11-35-24)47-30(40)19-13-21(33)27(34)36-14-19/h5-11,13-14,16-17,20,22,25H,12,15H2,1-4H3,(H,37,38). The average Bonchev–Trinajstić information content (AvgIpc) is 3.08. The molecular formula is C32H31Cl2N3O10. The van der Waals surface area contributed by atoms with E-state index in [1.807, 2.05) is 6.07 Å². The third kappa shape index (κ3) is 8.74. The fourth-order valence-corrected chi connectivity index (χ4v) is 4.78. The highest BCUT2D eigenvalue weighted by molar-refractivity contribution is 6.41. The molecule has 1 aliphatic heterocycles. The number of esters is 4. The van der Waals surface area contributed by atoms with Gasteiger partial charge >= 0.3 is 23.9 Å². The minimum absolute atomic E-state index is 0.00746. The normalized spacial score (nSPS) is 19.7. The molecule has 3 aromatic rings. The van der Waals surface area contributed by atoms with Crippen molar-refractivity contribution in [3.63, 3.8) is 0 Å². The van der Waals surface area contributed by atoms with E-state index in [0.29, 0.717) is 0 Å². The fourth-order valence-electron chi connectivity index (χ4n) is 4.51. The molecule has 0 spiro atoms. The number of hydrogen-bond acceptors (Lipinski definition) is 12. The summed E-state index contributed by atoms with van der Waals surface area (Å²) < 4.78 is 27.5. The van der Waals surface area contributed by atoms with Crippen LogP contribution in [-0.4, -0.2) is 71.7 Å². The molecule has 2 aromatic heterocycles. The molecule has 0 radical (unpaired) electrons. The van der Waals surface area contributed by atoms with Crippen LogP contribution in [0.2, 0.25) is 10.2 Å². The molecule has 13 nitrogen and oxygen atoms in total. The monoisotopic (exact) mass is 687 g/mol. The van der Waals surface area contributed by atoms with E-state index in [1.165, 1.54) is 32.4 Å². The van der Waals surface area contributed by atoms with Gasteiger partial charge in [-0.25, -0.2) is 19.6 Å². The van der Waals surface area contributed by atoms with Crippen molar-refractivity contribution in [2.24, 2.45) is 11.8 Å². The smallest absolute Gasteiger partial charge is 0.345 e. The first kappa shape index (κ1) is 35.1. The van der Waals surface area contributed by atoms with Crippen molar-refractivity contribution in [2.75, 3.05) is 13.7 Å². The number of carbonyl (C=O) groups excluding carboxylic acids is 5. The van der Waals surface area contributed by atoms with Crippen molar-refractivity contribution < 1.29 is 47.7 Å². The number of carbonyl (C=O) groups is 5. The summed E-state index contributed by atoms with van der Waals surface area (Å²) in [5.74, 6) is -6.30. The summed E-state index contributed by atoms with van der Waals surface area (Å²) in [6.45, 7) is 4.11. The maximum Gasteiger partial charge on any atom is 0.345 e. The lowest BCUT2D eigenvalue weighted by atomic mass is 9.91. The lowest BCUT2D eigenvalue weighted by molar-refractivity contribution is -0.176. The van der Waals surface area contributed by atoms with Gasteiger partial charge in [-0.05, 0) is 25.0 Å². The van der Waals surface area contributed by atoms with Gasteiger partial charge in [0.1, 0.15) is 23.8 Å². The SMILES string of the molecule is COc1ccnc(C(=O)NC2COC(=O)C(Cc3ccccc3)C(OC(=O)C(C)C)C(C)OC2=O)c1OC(=O)c1cnc(Cl)c(Cl)c1. The van der Waals surface area contributed by atoms with Crippen LogP contribution in [0.15, 0.2) is 54.9 Å². The second-order valence-electron chi connectivity index (χ2n) is 10.7. The van der Waals surface area contributed by atoms with Gasteiger partial charge in [-0.1, -0.05) is 67.4 Å². The highest BCUT2D eigenvalue weighted by Crippen LogP contribution is 2.31. The maximum atomic E-state index is 13.5. The number of amides is 1. The van der Waals surface area contributed by atoms with Gasteiger partial charge in [-0.2, -0.15) is 0 Å². The highest BCUT2D eigenvalue weighted by Gasteiger charge is 2.42. The summed E-state index contributed by atoms with van der Waals surface area (Å²) in [6, 6.07) is 10.0. The second kappa shape index (κ2) is 15.7. The molecule has 1 amide bonds. The molecule has 248 valence electrons. The van der Waals surface area contributed by atoms with Crippen LogP contribution in [0.4, 0.5) is 0 Å². The van der Waals surface area contributed by atoms with Gasteiger partial charge < -0.3 is 29.0 Å². The van der Waals surface area contributed by atoms with E-state index in [4.69, 9.17) is 46.9 Å². The van der Waals surface area contributed by atoms with Crippen molar-refractivity contribution in [1.82, 2.24) is 15.3 Å². The van der Waals surface area contributed by atoms with E-state index < -0.39 is 72.2 Å². The molecule has 0 bridgehead atoms. The molecule has 4 atom stereocenters.